The van der Waals surface area contributed by atoms with Crippen molar-refractivity contribution in [1.29, 1.82) is 0 Å². The Kier molecular flexibility index (Phi) is 3.34. The maximum absolute atomic E-state index is 14.1. The highest BCUT2D eigenvalue weighted by Gasteiger charge is 2.40. The summed E-state index contributed by atoms with van der Waals surface area (Å²) in [5.74, 6) is 1.56. The number of amides is 1. The van der Waals surface area contributed by atoms with Crippen molar-refractivity contribution in [3.8, 4) is 0 Å². The van der Waals surface area contributed by atoms with Gasteiger partial charge < -0.3 is 9.80 Å². The smallest absolute Gasteiger partial charge is 0.225 e. The van der Waals surface area contributed by atoms with Gasteiger partial charge in [0.1, 0.15) is 5.67 Å². The Balaban J connectivity index is 1.80. The number of likely N-dealkylation sites (tertiary alicyclic amines) is 1. The molecule has 2 aliphatic rings. The number of carbonyl (C=O) groups is 1. The SMILES string of the molecule is Cc1cc(C(C)(C)F)nc(N2CC3CN(C=O)CC3C2)n1. The third-order valence-electron chi connectivity index (χ3n) is 4.40. The van der Waals surface area contributed by atoms with E-state index in [-0.39, 0.29) is 0 Å². The lowest BCUT2D eigenvalue weighted by Gasteiger charge is -2.22. The van der Waals surface area contributed by atoms with Gasteiger partial charge in [-0.2, -0.15) is 0 Å². The molecule has 21 heavy (non-hydrogen) atoms. The first-order valence-electron chi connectivity index (χ1n) is 7.36. The second-order valence-corrected chi connectivity index (χ2v) is 6.65. The molecule has 2 unspecified atom stereocenters. The Morgan fingerprint density at radius 3 is 2.38 bits per heavy atom. The molecule has 3 rings (SSSR count). The average Bonchev–Trinajstić information content (AvgIpc) is 2.94. The summed E-state index contributed by atoms with van der Waals surface area (Å²) in [6.45, 7) is 8.18. The lowest BCUT2D eigenvalue weighted by atomic mass is 10.0. The zero-order valence-electron chi connectivity index (χ0n) is 12.7. The monoisotopic (exact) mass is 292 g/mol. The molecular formula is C15H21FN4O. The van der Waals surface area contributed by atoms with Crippen LogP contribution in [0.1, 0.15) is 25.2 Å². The van der Waals surface area contributed by atoms with E-state index in [1.807, 2.05) is 11.8 Å². The zero-order valence-corrected chi connectivity index (χ0v) is 12.7. The predicted octanol–water partition coefficient (Wildman–Crippen LogP) is 1.51. The van der Waals surface area contributed by atoms with Crippen LogP contribution in [0.3, 0.4) is 0 Å². The summed E-state index contributed by atoms with van der Waals surface area (Å²) in [5.41, 5.74) is -0.254. The number of rotatable bonds is 3. The highest BCUT2D eigenvalue weighted by Crippen LogP contribution is 2.33. The van der Waals surface area contributed by atoms with Crippen LogP contribution >= 0.6 is 0 Å². The Morgan fingerprint density at radius 1 is 1.24 bits per heavy atom. The maximum Gasteiger partial charge on any atom is 0.225 e. The van der Waals surface area contributed by atoms with E-state index in [0.29, 0.717) is 23.5 Å². The molecule has 1 aromatic rings. The van der Waals surface area contributed by atoms with Gasteiger partial charge >= 0.3 is 0 Å². The third kappa shape index (κ3) is 2.71. The standard InChI is InChI=1S/C15H21FN4O/c1-10-4-13(15(2,3)16)18-14(17-10)20-7-11-5-19(9-21)6-12(11)8-20/h4,9,11-12H,5-8H2,1-3H3. The van der Waals surface area contributed by atoms with E-state index in [4.69, 9.17) is 0 Å². The Bertz CT molecular complexity index is 543. The van der Waals surface area contributed by atoms with Crippen molar-refractivity contribution >= 4 is 12.4 Å². The molecule has 1 amide bonds. The van der Waals surface area contributed by atoms with Crippen molar-refractivity contribution in [3.63, 3.8) is 0 Å². The minimum absolute atomic E-state index is 0.427. The van der Waals surface area contributed by atoms with Gasteiger partial charge in [0.05, 0.1) is 5.69 Å². The summed E-state index contributed by atoms with van der Waals surface area (Å²) in [7, 11) is 0. The lowest BCUT2D eigenvalue weighted by molar-refractivity contribution is -0.117. The van der Waals surface area contributed by atoms with Gasteiger partial charge in [0.15, 0.2) is 0 Å². The van der Waals surface area contributed by atoms with E-state index >= 15 is 0 Å². The Morgan fingerprint density at radius 2 is 1.86 bits per heavy atom. The molecule has 0 aromatic carbocycles. The van der Waals surface area contributed by atoms with Gasteiger partial charge in [-0.1, -0.05) is 0 Å². The first-order chi connectivity index (χ1) is 9.86. The van der Waals surface area contributed by atoms with Crippen molar-refractivity contribution < 1.29 is 9.18 Å². The molecule has 5 nitrogen and oxygen atoms in total. The highest BCUT2D eigenvalue weighted by atomic mass is 19.1. The fourth-order valence-corrected chi connectivity index (χ4v) is 3.28. The molecule has 2 saturated heterocycles. The molecule has 2 fully saturated rings. The van der Waals surface area contributed by atoms with Crippen LogP contribution in [0.2, 0.25) is 0 Å². The van der Waals surface area contributed by atoms with Crippen LogP contribution in [0.15, 0.2) is 6.07 Å². The molecule has 0 aliphatic carbocycles. The number of hydrogen-bond acceptors (Lipinski definition) is 4. The van der Waals surface area contributed by atoms with Gasteiger partial charge in [0, 0.05) is 43.7 Å². The van der Waals surface area contributed by atoms with Crippen LogP contribution in [-0.2, 0) is 10.5 Å². The fraction of sp³-hybridized carbons (Fsp3) is 0.667. The van der Waals surface area contributed by atoms with Crippen LogP contribution in [0, 0.1) is 18.8 Å². The molecule has 0 bridgehead atoms. The number of anilines is 1. The number of hydrogen-bond donors (Lipinski definition) is 0. The first-order valence-corrected chi connectivity index (χ1v) is 7.36. The molecule has 1 aromatic heterocycles. The van der Waals surface area contributed by atoms with Gasteiger partial charge in [0.2, 0.25) is 12.4 Å². The van der Waals surface area contributed by atoms with Gasteiger partial charge in [-0.05, 0) is 26.8 Å². The summed E-state index contributed by atoms with van der Waals surface area (Å²) < 4.78 is 14.1. The second-order valence-electron chi connectivity index (χ2n) is 6.65. The fourth-order valence-electron chi connectivity index (χ4n) is 3.28. The van der Waals surface area contributed by atoms with Gasteiger partial charge in [0.25, 0.3) is 0 Å². The third-order valence-corrected chi connectivity index (χ3v) is 4.40. The average molecular weight is 292 g/mol. The van der Waals surface area contributed by atoms with Gasteiger partial charge in [-0.3, -0.25) is 4.79 Å². The molecule has 2 atom stereocenters. The van der Waals surface area contributed by atoms with Crippen LogP contribution in [-0.4, -0.2) is 47.5 Å². The largest absolute Gasteiger partial charge is 0.345 e. The molecule has 0 spiro atoms. The molecule has 2 aliphatic heterocycles. The van der Waals surface area contributed by atoms with Crippen LogP contribution < -0.4 is 4.90 Å². The molecule has 6 heteroatoms. The number of aromatic nitrogens is 2. The number of fused-ring (bicyclic) bond motifs is 1. The summed E-state index contributed by atoms with van der Waals surface area (Å²) in [4.78, 5) is 23.7. The topological polar surface area (TPSA) is 49.3 Å². The van der Waals surface area contributed by atoms with Crippen molar-refractivity contribution in [2.75, 3.05) is 31.1 Å². The highest BCUT2D eigenvalue weighted by molar-refractivity contribution is 5.48. The lowest BCUT2D eigenvalue weighted by Crippen LogP contribution is -2.30. The number of carbonyl (C=O) groups excluding carboxylic acids is 1. The van der Waals surface area contributed by atoms with E-state index in [1.165, 1.54) is 13.8 Å². The Labute approximate surface area is 124 Å². The molecule has 114 valence electrons. The van der Waals surface area contributed by atoms with Gasteiger partial charge in [-0.15, -0.1) is 0 Å². The van der Waals surface area contributed by atoms with Crippen molar-refractivity contribution in [2.24, 2.45) is 11.8 Å². The predicted molar refractivity (Wildman–Crippen MR) is 77.7 cm³/mol. The summed E-state index contributed by atoms with van der Waals surface area (Å²) in [6.07, 6.45) is 0.926. The van der Waals surface area contributed by atoms with Gasteiger partial charge in [-0.25, -0.2) is 14.4 Å². The Hall–Kier alpha value is -1.72. The van der Waals surface area contributed by atoms with E-state index in [1.54, 1.807) is 6.07 Å². The summed E-state index contributed by atoms with van der Waals surface area (Å²) in [6, 6.07) is 1.70. The second kappa shape index (κ2) is 4.93. The van der Waals surface area contributed by atoms with Crippen LogP contribution in [0.5, 0.6) is 0 Å². The normalized spacial score (nSPS) is 25.3. The minimum atomic E-state index is -1.47. The number of halogens is 1. The van der Waals surface area contributed by atoms with E-state index in [0.717, 1.165) is 38.3 Å². The van der Waals surface area contributed by atoms with Crippen LogP contribution in [0.4, 0.5) is 10.3 Å². The van der Waals surface area contributed by atoms with E-state index in [2.05, 4.69) is 14.9 Å². The molecular weight excluding hydrogens is 271 g/mol. The van der Waals surface area contributed by atoms with E-state index < -0.39 is 5.67 Å². The number of nitrogens with zero attached hydrogens (tertiary/aromatic N) is 4. The minimum Gasteiger partial charge on any atom is -0.345 e. The van der Waals surface area contributed by atoms with E-state index in [9.17, 15) is 9.18 Å². The maximum atomic E-state index is 14.1. The molecule has 3 heterocycles. The first kappa shape index (κ1) is 14.2. The summed E-state index contributed by atoms with van der Waals surface area (Å²) >= 11 is 0. The quantitative estimate of drug-likeness (QED) is 0.793. The van der Waals surface area contributed by atoms with Crippen molar-refractivity contribution in [3.05, 3.63) is 17.5 Å². The molecule has 0 saturated carbocycles. The summed E-state index contributed by atoms with van der Waals surface area (Å²) in [5, 5.41) is 0. The molecule has 0 N–H and O–H groups in total. The van der Waals surface area contributed by atoms with Crippen molar-refractivity contribution in [1.82, 2.24) is 14.9 Å². The number of alkyl halides is 1. The molecule has 0 radical (unpaired) electrons. The zero-order chi connectivity index (χ0) is 15.2. The van der Waals surface area contributed by atoms with Crippen molar-refractivity contribution in [2.45, 2.75) is 26.4 Å². The number of aryl methyl sites for hydroxylation is 1. The van der Waals surface area contributed by atoms with Crippen LogP contribution in [0.25, 0.3) is 0 Å².